The Labute approximate surface area is 180 Å². The van der Waals surface area contributed by atoms with E-state index in [-0.39, 0.29) is 56.2 Å². The zero-order chi connectivity index (χ0) is 22.7. The fourth-order valence-electron chi connectivity index (χ4n) is 3.78. The van der Waals surface area contributed by atoms with Gasteiger partial charge in [0.05, 0.1) is 27.9 Å². The van der Waals surface area contributed by atoms with Gasteiger partial charge >= 0.3 is 0 Å². The van der Waals surface area contributed by atoms with E-state index >= 15 is 0 Å². The molecule has 7 nitrogen and oxygen atoms in total. The van der Waals surface area contributed by atoms with Crippen molar-refractivity contribution in [2.45, 2.75) is 26.2 Å². The van der Waals surface area contributed by atoms with E-state index in [0.29, 0.717) is 5.75 Å². The largest absolute Gasteiger partial charge is 0.455 e. The topological polar surface area (TPSA) is 147 Å². The number of nitrogens with two attached hydrogens (primary N) is 4. The third kappa shape index (κ3) is 3.15. The van der Waals surface area contributed by atoms with Crippen LogP contribution in [-0.4, -0.2) is 11.6 Å². The summed E-state index contributed by atoms with van der Waals surface area (Å²) >= 11 is 0. The van der Waals surface area contributed by atoms with Crippen LogP contribution in [0.3, 0.4) is 0 Å². The second-order valence-corrected chi connectivity index (χ2v) is 8.66. The molecule has 0 saturated carbocycles. The van der Waals surface area contributed by atoms with Gasteiger partial charge in [-0.25, -0.2) is 0 Å². The van der Waals surface area contributed by atoms with Gasteiger partial charge in [-0.3, -0.25) is 9.59 Å². The molecule has 0 amide bonds. The first-order valence-electron chi connectivity index (χ1n) is 9.78. The van der Waals surface area contributed by atoms with Crippen molar-refractivity contribution in [3.05, 3.63) is 70.3 Å². The quantitative estimate of drug-likeness (QED) is 0.362. The summed E-state index contributed by atoms with van der Waals surface area (Å²) in [5.41, 5.74) is 26.0. The van der Waals surface area contributed by atoms with Crippen LogP contribution in [0.5, 0.6) is 11.5 Å². The summed E-state index contributed by atoms with van der Waals surface area (Å²) in [6, 6.07) is 12.0. The Morgan fingerprint density at radius 1 is 0.677 bits per heavy atom. The molecule has 4 rings (SSSR count). The van der Waals surface area contributed by atoms with Crippen molar-refractivity contribution in [2.24, 2.45) is 0 Å². The van der Waals surface area contributed by atoms with Gasteiger partial charge < -0.3 is 27.7 Å². The molecule has 3 aromatic carbocycles. The molecule has 0 radical (unpaired) electrons. The van der Waals surface area contributed by atoms with Crippen LogP contribution in [0.4, 0.5) is 22.7 Å². The number of hydrogen-bond donors (Lipinski definition) is 4. The van der Waals surface area contributed by atoms with Crippen LogP contribution in [0.15, 0.2) is 42.5 Å². The third-order valence-electron chi connectivity index (χ3n) is 5.49. The summed E-state index contributed by atoms with van der Waals surface area (Å²) in [4.78, 5) is 26.4. The molecule has 0 aliphatic heterocycles. The van der Waals surface area contributed by atoms with Crippen molar-refractivity contribution in [3.8, 4) is 11.5 Å². The van der Waals surface area contributed by atoms with Crippen molar-refractivity contribution in [1.29, 1.82) is 0 Å². The summed E-state index contributed by atoms with van der Waals surface area (Å²) in [5, 5.41) is 0. The first kappa shape index (κ1) is 20.3. The molecule has 0 saturated heterocycles. The van der Waals surface area contributed by atoms with Crippen LogP contribution in [0.2, 0.25) is 0 Å². The number of carbonyl (C=O) groups is 2. The summed E-state index contributed by atoms with van der Waals surface area (Å²) in [6.07, 6.45) is 0. The van der Waals surface area contributed by atoms with E-state index in [1.54, 1.807) is 0 Å². The summed E-state index contributed by atoms with van der Waals surface area (Å²) in [6.45, 7) is 6.35. The van der Waals surface area contributed by atoms with Gasteiger partial charge in [-0.2, -0.15) is 0 Å². The lowest BCUT2D eigenvalue weighted by Gasteiger charge is -2.24. The molecule has 0 spiro atoms. The number of benzene rings is 3. The summed E-state index contributed by atoms with van der Waals surface area (Å²) < 4.78 is 5.92. The third-order valence-corrected chi connectivity index (χ3v) is 5.49. The minimum Gasteiger partial charge on any atom is -0.455 e. The maximum absolute atomic E-state index is 13.3. The fourth-order valence-corrected chi connectivity index (χ4v) is 3.78. The zero-order valence-corrected chi connectivity index (χ0v) is 17.6. The highest BCUT2D eigenvalue weighted by molar-refractivity contribution is 6.34. The summed E-state index contributed by atoms with van der Waals surface area (Å²) in [5.74, 6) is -0.281. The smallest absolute Gasteiger partial charge is 0.198 e. The number of fused-ring (bicyclic) bond motifs is 2. The van der Waals surface area contributed by atoms with Crippen LogP contribution >= 0.6 is 0 Å². The molecular formula is C24H24N4O3. The van der Waals surface area contributed by atoms with Gasteiger partial charge in [-0.1, -0.05) is 32.9 Å². The van der Waals surface area contributed by atoms with Crippen molar-refractivity contribution < 1.29 is 14.3 Å². The van der Waals surface area contributed by atoms with Crippen LogP contribution < -0.4 is 27.7 Å². The molecular weight excluding hydrogens is 392 g/mol. The average molecular weight is 416 g/mol. The number of nitrogen functional groups attached to an aromatic ring is 4. The van der Waals surface area contributed by atoms with E-state index in [0.717, 1.165) is 5.56 Å². The molecule has 0 heterocycles. The minimum absolute atomic E-state index is 0.00421. The molecule has 0 aromatic heterocycles. The van der Waals surface area contributed by atoms with Crippen molar-refractivity contribution in [2.75, 3.05) is 22.9 Å². The molecule has 7 heteroatoms. The van der Waals surface area contributed by atoms with Crippen LogP contribution in [0.1, 0.15) is 58.2 Å². The first-order valence-corrected chi connectivity index (χ1v) is 9.78. The van der Waals surface area contributed by atoms with Gasteiger partial charge in [0.1, 0.15) is 5.75 Å². The lowest BCUT2D eigenvalue weighted by Crippen LogP contribution is -2.26. The van der Waals surface area contributed by atoms with Gasteiger partial charge in [0.15, 0.2) is 17.3 Å². The maximum atomic E-state index is 13.3. The van der Waals surface area contributed by atoms with Gasteiger partial charge in [-0.05, 0) is 35.2 Å². The molecule has 1 aliphatic rings. The van der Waals surface area contributed by atoms with E-state index in [1.165, 1.54) is 18.2 Å². The monoisotopic (exact) mass is 416 g/mol. The predicted molar refractivity (Wildman–Crippen MR) is 123 cm³/mol. The van der Waals surface area contributed by atoms with Crippen molar-refractivity contribution in [1.82, 2.24) is 0 Å². The summed E-state index contributed by atoms with van der Waals surface area (Å²) in [7, 11) is 0. The van der Waals surface area contributed by atoms with Gasteiger partial charge in [0.25, 0.3) is 0 Å². The van der Waals surface area contributed by atoms with Crippen LogP contribution in [0.25, 0.3) is 0 Å². The van der Waals surface area contributed by atoms with Gasteiger partial charge in [0.2, 0.25) is 0 Å². The second kappa shape index (κ2) is 6.77. The zero-order valence-electron chi connectivity index (χ0n) is 17.6. The Morgan fingerprint density at radius 3 is 1.68 bits per heavy atom. The Kier molecular flexibility index (Phi) is 4.43. The first-order chi connectivity index (χ1) is 14.5. The van der Waals surface area contributed by atoms with E-state index < -0.39 is 11.6 Å². The van der Waals surface area contributed by atoms with E-state index in [9.17, 15) is 9.59 Å². The van der Waals surface area contributed by atoms with Crippen LogP contribution in [0, 0.1) is 0 Å². The Morgan fingerprint density at radius 2 is 1.16 bits per heavy atom. The van der Waals surface area contributed by atoms with Crippen molar-refractivity contribution >= 4 is 34.3 Å². The highest BCUT2D eigenvalue weighted by atomic mass is 16.5. The number of rotatable bonds is 2. The lowest BCUT2D eigenvalue weighted by molar-refractivity contribution is 0.0981. The molecule has 31 heavy (non-hydrogen) atoms. The molecule has 8 N–H and O–H groups in total. The standard InChI is InChI=1S/C24H24N4O3/c1-24(2,3)11-4-6-12(7-5-11)31-16-10-15(27)19-20(21(16)28)23(30)18-14(26)9-8-13(25)17(18)22(19)29/h4-10H,25-28H2,1-3H3. The number of ketones is 2. The van der Waals surface area contributed by atoms with E-state index in [1.807, 2.05) is 24.3 Å². The lowest BCUT2D eigenvalue weighted by atomic mass is 9.80. The van der Waals surface area contributed by atoms with E-state index in [4.69, 9.17) is 27.7 Å². The second-order valence-electron chi connectivity index (χ2n) is 8.66. The molecule has 0 unspecified atom stereocenters. The number of ether oxygens (including phenoxy) is 1. The molecule has 0 atom stereocenters. The molecule has 0 bridgehead atoms. The fraction of sp³-hybridized carbons (Fsp3) is 0.167. The SMILES string of the molecule is CC(C)(C)c1ccc(Oc2cc(N)c3c(c2N)C(=O)c2c(N)ccc(N)c2C3=O)cc1. The van der Waals surface area contributed by atoms with Gasteiger partial charge in [0, 0.05) is 23.1 Å². The molecule has 3 aromatic rings. The predicted octanol–water partition coefficient (Wildman–Crippen LogP) is 3.88. The van der Waals surface area contributed by atoms with E-state index in [2.05, 4.69) is 20.8 Å². The minimum atomic E-state index is -0.507. The van der Waals surface area contributed by atoms with Crippen molar-refractivity contribution in [3.63, 3.8) is 0 Å². The highest BCUT2D eigenvalue weighted by Gasteiger charge is 2.37. The highest BCUT2D eigenvalue weighted by Crippen LogP contribution is 2.43. The Hall–Kier alpha value is -4.00. The number of carbonyl (C=O) groups excluding carboxylic acids is 2. The number of anilines is 4. The molecule has 158 valence electrons. The average Bonchev–Trinajstić information content (AvgIpc) is 2.70. The van der Waals surface area contributed by atoms with Gasteiger partial charge in [-0.15, -0.1) is 0 Å². The Bertz CT molecular complexity index is 1260. The maximum Gasteiger partial charge on any atom is 0.198 e. The molecule has 1 aliphatic carbocycles. The van der Waals surface area contributed by atoms with Crippen LogP contribution in [-0.2, 0) is 5.41 Å². The molecule has 0 fully saturated rings. The normalized spacial score (nSPS) is 13.0. The number of hydrogen-bond acceptors (Lipinski definition) is 7. The Balaban J connectivity index is 1.82.